The van der Waals surface area contributed by atoms with Crippen molar-refractivity contribution in [3.63, 3.8) is 0 Å². The molecule has 0 saturated heterocycles. The van der Waals surface area contributed by atoms with Gasteiger partial charge in [-0.25, -0.2) is 4.98 Å². The van der Waals surface area contributed by atoms with Gasteiger partial charge in [0.25, 0.3) is 5.91 Å². The van der Waals surface area contributed by atoms with Gasteiger partial charge in [-0.1, -0.05) is 67.6 Å². The number of hydrogen-bond acceptors (Lipinski definition) is 5. The molecule has 0 aliphatic rings. The fourth-order valence-corrected chi connectivity index (χ4v) is 5.89. The molecule has 5 rings (SSSR count). The van der Waals surface area contributed by atoms with Crippen molar-refractivity contribution in [3.8, 4) is 11.3 Å². The summed E-state index contributed by atoms with van der Waals surface area (Å²) in [6.45, 7) is 3.91. The average molecular weight is 538 g/mol. The van der Waals surface area contributed by atoms with Crippen LogP contribution in [0.5, 0.6) is 0 Å². The lowest BCUT2D eigenvalue weighted by molar-refractivity contribution is -0.115. The Balaban J connectivity index is 1.24. The number of hydrogen-bond donors (Lipinski definition) is 2. The first-order valence-corrected chi connectivity index (χ1v) is 14.2. The van der Waals surface area contributed by atoms with Crippen LogP contribution in [0.25, 0.3) is 22.0 Å². The SMILES string of the molecule is CCC(Sc1cccc(NC(=O)c2ccccc2C)c1)C(=O)Nc1nc(-c2ccc3ccccc3c2)cs1. The van der Waals surface area contributed by atoms with Crippen molar-refractivity contribution in [3.05, 3.63) is 108 Å². The van der Waals surface area contributed by atoms with Gasteiger partial charge in [-0.2, -0.15) is 0 Å². The van der Waals surface area contributed by atoms with E-state index in [1.807, 2.05) is 79.9 Å². The first-order chi connectivity index (χ1) is 18.5. The Morgan fingerprint density at radius 1 is 0.895 bits per heavy atom. The molecule has 1 unspecified atom stereocenters. The lowest BCUT2D eigenvalue weighted by atomic mass is 10.1. The third kappa shape index (κ3) is 5.96. The summed E-state index contributed by atoms with van der Waals surface area (Å²) in [6, 6.07) is 29.6. The molecular formula is C31H27N3O2S2. The summed E-state index contributed by atoms with van der Waals surface area (Å²) in [5.41, 5.74) is 4.12. The Labute approximate surface area is 230 Å². The van der Waals surface area contributed by atoms with E-state index < -0.39 is 0 Å². The molecule has 0 radical (unpaired) electrons. The van der Waals surface area contributed by atoms with E-state index in [0.29, 0.717) is 22.8 Å². The van der Waals surface area contributed by atoms with Gasteiger partial charge >= 0.3 is 0 Å². The van der Waals surface area contributed by atoms with Gasteiger partial charge in [0.1, 0.15) is 0 Å². The van der Waals surface area contributed by atoms with Crippen LogP contribution < -0.4 is 10.6 Å². The van der Waals surface area contributed by atoms with Crippen LogP contribution in [0.3, 0.4) is 0 Å². The third-order valence-corrected chi connectivity index (χ3v) is 8.32. The fraction of sp³-hybridized carbons (Fsp3) is 0.129. The molecular weight excluding hydrogens is 510 g/mol. The van der Waals surface area contributed by atoms with Crippen LogP contribution in [0.15, 0.2) is 101 Å². The molecule has 190 valence electrons. The smallest absolute Gasteiger partial charge is 0.255 e. The Hall–Kier alpha value is -3.94. The zero-order valence-corrected chi connectivity index (χ0v) is 22.7. The van der Waals surface area contributed by atoms with E-state index in [0.717, 1.165) is 27.1 Å². The zero-order valence-electron chi connectivity index (χ0n) is 21.1. The maximum absolute atomic E-state index is 13.1. The molecule has 0 bridgehead atoms. The average Bonchev–Trinajstić information content (AvgIpc) is 3.40. The Bertz CT molecular complexity index is 1610. The number of anilines is 2. The number of aryl methyl sites for hydroxylation is 1. The standard InChI is InChI=1S/C31H27N3O2S2/c1-3-28(38-25-13-8-12-24(18-25)32-29(35)26-14-7-4-9-20(26)2)30(36)34-31-33-27(19-37-31)23-16-15-21-10-5-6-11-22(21)17-23/h4-19,28H,3H2,1-2H3,(H,32,35)(H,33,34,36). The number of carbonyl (C=O) groups is 2. The van der Waals surface area contributed by atoms with E-state index >= 15 is 0 Å². The largest absolute Gasteiger partial charge is 0.322 e. The van der Waals surface area contributed by atoms with Gasteiger partial charge in [-0.3, -0.25) is 9.59 Å². The molecule has 5 aromatic rings. The molecule has 38 heavy (non-hydrogen) atoms. The second-order valence-corrected chi connectivity index (χ2v) is 11.0. The minimum absolute atomic E-state index is 0.0914. The molecule has 0 spiro atoms. The lowest BCUT2D eigenvalue weighted by Gasteiger charge is -2.14. The highest BCUT2D eigenvalue weighted by molar-refractivity contribution is 8.00. The van der Waals surface area contributed by atoms with E-state index in [4.69, 9.17) is 0 Å². The van der Waals surface area contributed by atoms with Gasteiger partial charge in [0.05, 0.1) is 10.9 Å². The van der Waals surface area contributed by atoms with Crippen molar-refractivity contribution in [2.75, 3.05) is 10.6 Å². The van der Waals surface area contributed by atoms with Crippen molar-refractivity contribution in [2.45, 2.75) is 30.4 Å². The number of rotatable bonds is 8. The monoisotopic (exact) mass is 537 g/mol. The molecule has 1 heterocycles. The predicted octanol–water partition coefficient (Wildman–Crippen LogP) is 8.03. The molecule has 0 aliphatic carbocycles. The highest BCUT2D eigenvalue weighted by Crippen LogP contribution is 2.31. The minimum Gasteiger partial charge on any atom is -0.322 e. The van der Waals surface area contributed by atoms with E-state index in [-0.39, 0.29) is 17.1 Å². The summed E-state index contributed by atoms with van der Waals surface area (Å²) in [5.74, 6) is -0.243. The Morgan fingerprint density at radius 3 is 2.50 bits per heavy atom. The molecule has 1 aromatic heterocycles. The normalized spacial score (nSPS) is 11.7. The molecule has 4 aromatic carbocycles. The number of amides is 2. The van der Waals surface area contributed by atoms with Crippen LogP contribution in [-0.2, 0) is 4.79 Å². The summed E-state index contributed by atoms with van der Waals surface area (Å²) < 4.78 is 0. The number of thiazole rings is 1. The molecule has 7 heteroatoms. The van der Waals surface area contributed by atoms with Crippen LogP contribution in [0.4, 0.5) is 10.8 Å². The van der Waals surface area contributed by atoms with E-state index in [9.17, 15) is 9.59 Å². The molecule has 2 N–H and O–H groups in total. The zero-order chi connectivity index (χ0) is 26.5. The molecule has 0 saturated carbocycles. The van der Waals surface area contributed by atoms with Crippen molar-refractivity contribution in [1.82, 2.24) is 4.98 Å². The maximum Gasteiger partial charge on any atom is 0.255 e. The first kappa shape index (κ1) is 25.7. The first-order valence-electron chi connectivity index (χ1n) is 12.4. The second kappa shape index (κ2) is 11.6. The Morgan fingerprint density at radius 2 is 1.68 bits per heavy atom. The fourth-order valence-electron chi connectivity index (χ4n) is 4.16. The molecule has 0 fully saturated rings. The van der Waals surface area contributed by atoms with E-state index in [1.165, 1.54) is 28.5 Å². The van der Waals surface area contributed by atoms with Crippen LogP contribution in [0.1, 0.15) is 29.3 Å². The minimum atomic E-state index is -0.301. The number of benzene rings is 4. The van der Waals surface area contributed by atoms with Crippen molar-refractivity contribution in [2.24, 2.45) is 0 Å². The number of fused-ring (bicyclic) bond motifs is 1. The number of thioether (sulfide) groups is 1. The van der Waals surface area contributed by atoms with Gasteiger partial charge in [0.2, 0.25) is 5.91 Å². The second-order valence-electron chi connectivity index (χ2n) is 8.90. The number of carbonyl (C=O) groups excluding carboxylic acids is 2. The van der Waals surface area contributed by atoms with Crippen LogP contribution >= 0.6 is 23.1 Å². The van der Waals surface area contributed by atoms with Gasteiger partial charge in [0, 0.05) is 27.1 Å². The van der Waals surface area contributed by atoms with Gasteiger partial charge in [-0.05, 0) is 60.0 Å². The van der Waals surface area contributed by atoms with Gasteiger partial charge in [-0.15, -0.1) is 23.1 Å². The van der Waals surface area contributed by atoms with Crippen LogP contribution in [0, 0.1) is 6.92 Å². The van der Waals surface area contributed by atoms with Gasteiger partial charge in [0.15, 0.2) is 5.13 Å². The number of nitrogens with one attached hydrogen (secondary N) is 2. The summed E-state index contributed by atoms with van der Waals surface area (Å²) in [5, 5.41) is 10.5. The molecule has 1 atom stereocenters. The number of nitrogens with zero attached hydrogens (tertiary/aromatic N) is 1. The summed E-state index contributed by atoms with van der Waals surface area (Å²) in [6.07, 6.45) is 0.652. The highest BCUT2D eigenvalue weighted by atomic mass is 32.2. The maximum atomic E-state index is 13.1. The topological polar surface area (TPSA) is 71.1 Å². The number of aromatic nitrogens is 1. The van der Waals surface area contributed by atoms with Crippen molar-refractivity contribution in [1.29, 1.82) is 0 Å². The highest BCUT2D eigenvalue weighted by Gasteiger charge is 2.20. The summed E-state index contributed by atoms with van der Waals surface area (Å²) in [4.78, 5) is 31.4. The molecule has 5 nitrogen and oxygen atoms in total. The predicted molar refractivity (Wildman–Crippen MR) is 159 cm³/mol. The summed E-state index contributed by atoms with van der Waals surface area (Å²) in [7, 11) is 0. The van der Waals surface area contributed by atoms with Crippen molar-refractivity contribution >= 4 is 56.5 Å². The Kier molecular flexibility index (Phi) is 7.86. The van der Waals surface area contributed by atoms with E-state index in [1.54, 1.807) is 0 Å². The molecule has 2 amide bonds. The van der Waals surface area contributed by atoms with Crippen LogP contribution in [-0.4, -0.2) is 22.0 Å². The lowest BCUT2D eigenvalue weighted by Crippen LogP contribution is -2.24. The van der Waals surface area contributed by atoms with Gasteiger partial charge < -0.3 is 10.6 Å². The van der Waals surface area contributed by atoms with Crippen molar-refractivity contribution < 1.29 is 9.59 Å². The van der Waals surface area contributed by atoms with E-state index in [2.05, 4.69) is 45.9 Å². The van der Waals surface area contributed by atoms with Crippen LogP contribution in [0.2, 0.25) is 0 Å². The summed E-state index contributed by atoms with van der Waals surface area (Å²) >= 11 is 2.90. The quantitative estimate of drug-likeness (QED) is 0.197. The molecule has 0 aliphatic heterocycles. The third-order valence-electron chi connectivity index (χ3n) is 6.20.